The number of aromatic carboxylic acids is 1. The van der Waals surface area contributed by atoms with Gasteiger partial charge in [-0.05, 0) is 40.8 Å². The number of aromatic amines is 1. The minimum Gasteiger partial charge on any atom is -0.494 e. The summed E-state index contributed by atoms with van der Waals surface area (Å²) in [5.74, 6) is -2.16. The maximum atomic E-state index is 13.5. The summed E-state index contributed by atoms with van der Waals surface area (Å²) in [7, 11) is 1.35. The van der Waals surface area contributed by atoms with Crippen LogP contribution in [0.1, 0.15) is 37.7 Å². The molecule has 0 aliphatic heterocycles. The highest BCUT2D eigenvalue weighted by Crippen LogP contribution is 2.22. The summed E-state index contributed by atoms with van der Waals surface area (Å²) >= 11 is 1.22. The maximum Gasteiger partial charge on any atom is 0.335 e. The highest BCUT2D eigenvalue weighted by atomic mass is 32.1. The van der Waals surface area contributed by atoms with Crippen LogP contribution >= 0.6 is 11.3 Å². The summed E-state index contributed by atoms with van der Waals surface area (Å²) in [5, 5.41) is 13.7. The molecule has 0 aliphatic carbocycles. The third-order valence-electron chi connectivity index (χ3n) is 5.13. The molecule has 35 heavy (non-hydrogen) atoms. The number of nitrogens with one attached hydrogen (secondary N) is 2. The average Bonchev–Trinajstić information content (AvgIpc) is 3.27. The molecule has 0 radical (unpaired) electrons. The number of halogens is 1. The van der Waals surface area contributed by atoms with Gasteiger partial charge in [-0.1, -0.05) is 18.2 Å². The number of benzene rings is 2. The van der Waals surface area contributed by atoms with Gasteiger partial charge < -0.3 is 24.9 Å². The van der Waals surface area contributed by atoms with Crippen molar-refractivity contribution in [1.82, 2.24) is 15.3 Å². The second-order valence-electron chi connectivity index (χ2n) is 7.50. The molecule has 2 aromatic carbocycles. The zero-order valence-corrected chi connectivity index (χ0v) is 19.3. The summed E-state index contributed by atoms with van der Waals surface area (Å²) < 4.78 is 24.2. The fraction of sp³-hybridized carbons (Fsp3) is 0.167. The SMILES string of the molecule is COc1cc(CNC(=O)c2nc3scc(COCc4ccc(C(=O)O)cc4)c3c(=O)[nH]2)ccc1F. The molecule has 4 aromatic rings. The van der Waals surface area contributed by atoms with Crippen LogP contribution in [0.5, 0.6) is 5.75 Å². The van der Waals surface area contributed by atoms with E-state index >= 15 is 0 Å². The van der Waals surface area contributed by atoms with Gasteiger partial charge in [0.1, 0.15) is 4.83 Å². The summed E-state index contributed by atoms with van der Waals surface area (Å²) in [6.45, 7) is 0.467. The van der Waals surface area contributed by atoms with Crippen molar-refractivity contribution >= 4 is 33.4 Å². The first-order valence-corrected chi connectivity index (χ1v) is 11.2. The van der Waals surface area contributed by atoms with Gasteiger partial charge in [-0.25, -0.2) is 14.2 Å². The lowest BCUT2D eigenvalue weighted by molar-refractivity contribution is 0.0696. The first kappa shape index (κ1) is 24.0. The molecule has 180 valence electrons. The Kier molecular flexibility index (Phi) is 7.18. The van der Waals surface area contributed by atoms with Gasteiger partial charge in [-0.3, -0.25) is 9.59 Å². The van der Waals surface area contributed by atoms with Crippen LogP contribution in [0.3, 0.4) is 0 Å². The standard InChI is InChI=1S/C24H20FN3O6S/c1-33-18-8-14(4-7-17(18)25)9-26-22(30)20-27-21(29)19-16(12-35-23(19)28-20)11-34-10-13-2-5-15(6-3-13)24(31)32/h2-8,12H,9-11H2,1H3,(H,26,30)(H,31,32)(H,27,28,29). The minimum absolute atomic E-state index is 0.0651. The predicted molar refractivity (Wildman–Crippen MR) is 126 cm³/mol. The van der Waals surface area contributed by atoms with Gasteiger partial charge in [0.25, 0.3) is 11.5 Å². The number of fused-ring (bicyclic) bond motifs is 1. The number of carboxylic acids is 1. The molecule has 0 atom stereocenters. The molecule has 4 rings (SSSR count). The molecule has 0 unspecified atom stereocenters. The number of aromatic nitrogens is 2. The Bertz CT molecular complexity index is 1450. The molecule has 3 N–H and O–H groups in total. The molecule has 0 saturated heterocycles. The van der Waals surface area contributed by atoms with Gasteiger partial charge in [0.15, 0.2) is 11.6 Å². The quantitative estimate of drug-likeness (QED) is 0.323. The van der Waals surface area contributed by atoms with Crippen molar-refractivity contribution in [3.63, 3.8) is 0 Å². The number of carbonyl (C=O) groups is 2. The van der Waals surface area contributed by atoms with Crippen LogP contribution in [0.4, 0.5) is 4.39 Å². The number of methoxy groups -OCH3 is 1. The Morgan fingerprint density at radius 1 is 1.14 bits per heavy atom. The summed E-state index contributed by atoms with van der Waals surface area (Å²) in [6, 6.07) is 10.5. The molecule has 0 bridgehead atoms. The number of carboxylic acid groups (broad SMARTS) is 1. The van der Waals surface area contributed by atoms with Crippen molar-refractivity contribution in [3.05, 3.63) is 92.1 Å². The monoisotopic (exact) mass is 497 g/mol. The number of amides is 1. The van der Waals surface area contributed by atoms with E-state index in [9.17, 15) is 18.8 Å². The van der Waals surface area contributed by atoms with Gasteiger partial charge >= 0.3 is 5.97 Å². The molecule has 11 heteroatoms. The van der Waals surface area contributed by atoms with Crippen LogP contribution in [-0.2, 0) is 24.5 Å². The van der Waals surface area contributed by atoms with Gasteiger partial charge in [0, 0.05) is 12.1 Å². The van der Waals surface area contributed by atoms with Crippen LogP contribution in [0, 0.1) is 5.82 Å². The highest BCUT2D eigenvalue weighted by Gasteiger charge is 2.16. The van der Waals surface area contributed by atoms with Crippen molar-refractivity contribution in [2.45, 2.75) is 19.8 Å². The Morgan fingerprint density at radius 2 is 1.89 bits per heavy atom. The molecule has 0 fully saturated rings. The predicted octanol–water partition coefficient (Wildman–Crippen LogP) is 3.48. The third kappa shape index (κ3) is 5.53. The zero-order chi connectivity index (χ0) is 24.9. The number of carbonyl (C=O) groups excluding carboxylic acids is 1. The molecular weight excluding hydrogens is 477 g/mol. The minimum atomic E-state index is -1.00. The van der Waals surface area contributed by atoms with Crippen molar-refractivity contribution in [2.24, 2.45) is 0 Å². The number of hydrogen-bond acceptors (Lipinski definition) is 7. The Morgan fingerprint density at radius 3 is 2.60 bits per heavy atom. The molecule has 2 aromatic heterocycles. The number of H-pyrrole nitrogens is 1. The Balaban J connectivity index is 1.41. The van der Waals surface area contributed by atoms with Crippen LogP contribution < -0.4 is 15.6 Å². The van der Waals surface area contributed by atoms with Crippen molar-refractivity contribution < 1.29 is 28.6 Å². The van der Waals surface area contributed by atoms with Crippen LogP contribution in [-0.4, -0.2) is 34.1 Å². The van der Waals surface area contributed by atoms with E-state index in [4.69, 9.17) is 14.6 Å². The number of hydrogen-bond donors (Lipinski definition) is 3. The van der Waals surface area contributed by atoms with Crippen molar-refractivity contribution in [3.8, 4) is 5.75 Å². The van der Waals surface area contributed by atoms with Crippen molar-refractivity contribution in [1.29, 1.82) is 0 Å². The molecule has 0 spiro atoms. The Labute approximate surface area is 202 Å². The van der Waals surface area contributed by atoms with Gasteiger partial charge in [-0.2, -0.15) is 0 Å². The second-order valence-corrected chi connectivity index (χ2v) is 8.36. The molecule has 2 heterocycles. The van der Waals surface area contributed by atoms with E-state index in [1.54, 1.807) is 17.5 Å². The largest absolute Gasteiger partial charge is 0.494 e. The van der Waals surface area contributed by atoms with E-state index in [1.165, 1.54) is 48.8 Å². The van der Waals surface area contributed by atoms with E-state index in [0.29, 0.717) is 21.3 Å². The lowest BCUT2D eigenvalue weighted by Gasteiger charge is -2.08. The smallest absolute Gasteiger partial charge is 0.335 e. The first-order chi connectivity index (χ1) is 16.9. The van der Waals surface area contributed by atoms with Crippen molar-refractivity contribution in [2.75, 3.05) is 7.11 Å². The van der Waals surface area contributed by atoms with Gasteiger partial charge in [0.05, 0.1) is 31.3 Å². The molecule has 0 saturated carbocycles. The number of rotatable bonds is 9. The fourth-order valence-electron chi connectivity index (χ4n) is 3.32. The van der Waals surface area contributed by atoms with Crippen LogP contribution in [0.2, 0.25) is 0 Å². The fourth-order valence-corrected chi connectivity index (χ4v) is 4.25. The maximum absolute atomic E-state index is 13.5. The number of thiophene rings is 1. The van der Waals surface area contributed by atoms with Crippen LogP contribution in [0.15, 0.2) is 52.6 Å². The summed E-state index contributed by atoms with van der Waals surface area (Å²) in [5.41, 5.74) is 1.76. The van der Waals surface area contributed by atoms with E-state index < -0.39 is 23.3 Å². The normalized spacial score (nSPS) is 10.9. The summed E-state index contributed by atoms with van der Waals surface area (Å²) in [6.07, 6.45) is 0. The lowest BCUT2D eigenvalue weighted by atomic mass is 10.1. The number of ether oxygens (including phenoxy) is 2. The second kappa shape index (κ2) is 10.5. The average molecular weight is 498 g/mol. The summed E-state index contributed by atoms with van der Waals surface area (Å²) in [4.78, 5) is 43.3. The number of nitrogens with zero attached hydrogens (tertiary/aromatic N) is 1. The Hall–Kier alpha value is -4.09. The topological polar surface area (TPSA) is 131 Å². The molecular formula is C24H20FN3O6S. The van der Waals surface area contributed by atoms with E-state index in [1.807, 2.05) is 0 Å². The highest BCUT2D eigenvalue weighted by molar-refractivity contribution is 7.16. The van der Waals surface area contributed by atoms with E-state index in [-0.39, 0.29) is 36.9 Å². The van der Waals surface area contributed by atoms with Gasteiger partial charge in [0.2, 0.25) is 5.82 Å². The van der Waals surface area contributed by atoms with E-state index in [0.717, 1.165) is 5.56 Å². The zero-order valence-electron chi connectivity index (χ0n) is 18.5. The molecule has 0 aliphatic rings. The lowest BCUT2D eigenvalue weighted by Crippen LogP contribution is -2.27. The first-order valence-electron chi connectivity index (χ1n) is 10.4. The molecule has 9 nitrogen and oxygen atoms in total. The van der Waals surface area contributed by atoms with Crippen LogP contribution in [0.25, 0.3) is 10.2 Å². The molecule has 1 amide bonds. The van der Waals surface area contributed by atoms with E-state index in [2.05, 4.69) is 15.3 Å². The third-order valence-corrected chi connectivity index (χ3v) is 6.05. The van der Waals surface area contributed by atoms with Gasteiger partial charge in [-0.15, -0.1) is 11.3 Å².